The molecule has 2 aromatic rings. The molecule has 0 spiro atoms. The normalized spacial score (nSPS) is 21.5. The van der Waals surface area contributed by atoms with Crippen LogP contribution in [0.25, 0.3) is 0 Å². The second kappa shape index (κ2) is 8.87. The fourth-order valence-corrected chi connectivity index (χ4v) is 5.87. The molecule has 0 aromatic heterocycles. The van der Waals surface area contributed by atoms with Crippen LogP contribution in [-0.2, 0) is 14.8 Å². The van der Waals surface area contributed by atoms with Gasteiger partial charge >= 0.3 is 0 Å². The Hall–Kier alpha value is -1.87. The lowest BCUT2D eigenvalue weighted by atomic mass is 10.0. The second-order valence-corrected chi connectivity index (χ2v) is 10.1. The van der Waals surface area contributed by atoms with Gasteiger partial charge in [0, 0.05) is 29.4 Å². The van der Waals surface area contributed by atoms with Crippen molar-refractivity contribution in [1.29, 1.82) is 0 Å². The Kier molecular flexibility index (Phi) is 6.24. The molecule has 8 heteroatoms. The van der Waals surface area contributed by atoms with Gasteiger partial charge in [-0.25, -0.2) is 13.1 Å². The van der Waals surface area contributed by atoms with Crippen molar-refractivity contribution in [2.75, 3.05) is 18.9 Å². The largest absolute Gasteiger partial charge is 0.377 e. The zero-order valence-electron chi connectivity index (χ0n) is 16.0. The minimum absolute atomic E-state index is 0.0714. The number of carbonyl (C=O) groups is 1. The average Bonchev–Trinajstić information content (AvgIpc) is 3.26. The number of benzene rings is 2. The first-order chi connectivity index (χ1) is 14.0. The van der Waals surface area contributed by atoms with E-state index in [-0.39, 0.29) is 29.5 Å². The van der Waals surface area contributed by atoms with E-state index in [9.17, 15) is 13.2 Å². The predicted octanol–water partition coefficient (Wildman–Crippen LogP) is 3.11. The Balaban J connectivity index is 1.46. The Morgan fingerprint density at radius 1 is 1.14 bits per heavy atom. The SMILES string of the molecule is O=C(NC1CCSc2ccccc21)c1cccc(S(=O)(=O)NCC2CCCO2)c1. The molecule has 2 aliphatic heterocycles. The highest BCUT2D eigenvalue weighted by atomic mass is 32.2. The fourth-order valence-electron chi connectivity index (χ4n) is 3.63. The molecular weight excluding hydrogens is 408 g/mol. The van der Waals surface area contributed by atoms with Gasteiger partial charge in [0.15, 0.2) is 0 Å². The summed E-state index contributed by atoms with van der Waals surface area (Å²) in [7, 11) is -3.70. The van der Waals surface area contributed by atoms with Crippen molar-refractivity contribution in [1.82, 2.24) is 10.0 Å². The quantitative estimate of drug-likeness (QED) is 0.733. The molecule has 1 fully saturated rings. The summed E-state index contributed by atoms with van der Waals surface area (Å²) < 4.78 is 33.3. The zero-order valence-corrected chi connectivity index (χ0v) is 17.6. The van der Waals surface area contributed by atoms with Crippen molar-refractivity contribution in [2.45, 2.75) is 41.2 Å². The maximum atomic E-state index is 12.8. The highest BCUT2D eigenvalue weighted by Crippen LogP contribution is 2.35. The zero-order chi connectivity index (χ0) is 20.3. The molecule has 0 aliphatic carbocycles. The third kappa shape index (κ3) is 4.83. The predicted molar refractivity (Wildman–Crippen MR) is 113 cm³/mol. The van der Waals surface area contributed by atoms with E-state index in [4.69, 9.17) is 4.74 Å². The lowest BCUT2D eigenvalue weighted by Crippen LogP contribution is -2.32. The molecule has 0 radical (unpaired) electrons. The molecule has 2 N–H and O–H groups in total. The number of hydrogen-bond donors (Lipinski definition) is 2. The summed E-state index contributed by atoms with van der Waals surface area (Å²) in [5, 5.41) is 3.06. The molecule has 2 atom stereocenters. The van der Waals surface area contributed by atoms with Gasteiger partial charge < -0.3 is 10.1 Å². The van der Waals surface area contributed by atoms with Crippen LogP contribution in [0.1, 0.15) is 41.2 Å². The summed E-state index contributed by atoms with van der Waals surface area (Å²) in [6.45, 7) is 0.917. The number of rotatable bonds is 6. The number of nitrogens with one attached hydrogen (secondary N) is 2. The van der Waals surface area contributed by atoms with Gasteiger partial charge in [-0.1, -0.05) is 24.3 Å². The number of amides is 1. The number of hydrogen-bond acceptors (Lipinski definition) is 5. The van der Waals surface area contributed by atoms with Crippen molar-refractivity contribution >= 4 is 27.7 Å². The van der Waals surface area contributed by atoms with Gasteiger partial charge in [-0.15, -0.1) is 11.8 Å². The standard InChI is InChI=1S/C21H24N2O4S2/c24-21(23-19-10-12-28-20-9-2-1-8-18(19)20)15-5-3-7-17(13-15)29(25,26)22-14-16-6-4-11-27-16/h1-3,5,7-9,13,16,19,22H,4,6,10-12,14H2,(H,23,24). The molecule has 1 saturated heterocycles. The molecule has 2 heterocycles. The van der Waals surface area contributed by atoms with E-state index in [1.165, 1.54) is 17.0 Å². The summed E-state index contributed by atoms with van der Waals surface area (Å²) in [6, 6.07) is 14.1. The van der Waals surface area contributed by atoms with Crippen LogP contribution in [0, 0.1) is 0 Å². The Morgan fingerprint density at radius 3 is 2.83 bits per heavy atom. The first kappa shape index (κ1) is 20.4. The smallest absolute Gasteiger partial charge is 0.251 e. The molecule has 2 aliphatic rings. The third-order valence-corrected chi connectivity index (χ3v) is 7.74. The second-order valence-electron chi connectivity index (χ2n) is 7.22. The number of ether oxygens (including phenoxy) is 1. The molecule has 4 rings (SSSR count). The van der Waals surface area contributed by atoms with Crippen molar-refractivity contribution in [3.05, 3.63) is 59.7 Å². The van der Waals surface area contributed by atoms with E-state index in [1.807, 2.05) is 18.2 Å². The summed E-state index contributed by atoms with van der Waals surface area (Å²) in [5.41, 5.74) is 1.44. The minimum atomic E-state index is -3.70. The van der Waals surface area contributed by atoms with E-state index < -0.39 is 10.0 Å². The van der Waals surface area contributed by atoms with Crippen molar-refractivity contribution in [3.8, 4) is 0 Å². The van der Waals surface area contributed by atoms with Gasteiger partial charge in [0.1, 0.15) is 0 Å². The first-order valence-electron chi connectivity index (χ1n) is 9.77. The lowest BCUT2D eigenvalue weighted by molar-refractivity contribution is 0.0934. The minimum Gasteiger partial charge on any atom is -0.377 e. The Bertz CT molecular complexity index is 988. The average molecular weight is 433 g/mol. The van der Waals surface area contributed by atoms with Crippen molar-refractivity contribution < 1.29 is 17.9 Å². The van der Waals surface area contributed by atoms with E-state index >= 15 is 0 Å². The van der Waals surface area contributed by atoms with Crippen LogP contribution in [0.15, 0.2) is 58.3 Å². The van der Waals surface area contributed by atoms with Crippen LogP contribution < -0.4 is 10.0 Å². The van der Waals surface area contributed by atoms with Crippen LogP contribution >= 0.6 is 11.8 Å². The van der Waals surface area contributed by atoms with Crippen LogP contribution in [0.4, 0.5) is 0 Å². The molecule has 0 bridgehead atoms. The van der Waals surface area contributed by atoms with Gasteiger partial charge in [-0.2, -0.15) is 0 Å². The van der Waals surface area contributed by atoms with E-state index in [0.29, 0.717) is 12.2 Å². The molecule has 6 nitrogen and oxygen atoms in total. The molecular formula is C21H24N2O4S2. The Morgan fingerprint density at radius 2 is 2.00 bits per heavy atom. The van der Waals surface area contributed by atoms with Gasteiger partial charge in [0.2, 0.25) is 10.0 Å². The summed E-state index contributed by atoms with van der Waals surface area (Å²) in [4.78, 5) is 14.1. The van der Waals surface area contributed by atoms with Crippen molar-refractivity contribution in [3.63, 3.8) is 0 Å². The summed E-state index contributed by atoms with van der Waals surface area (Å²) >= 11 is 1.79. The van der Waals surface area contributed by atoms with E-state index in [2.05, 4.69) is 16.1 Å². The third-order valence-electron chi connectivity index (χ3n) is 5.20. The number of sulfonamides is 1. The van der Waals surface area contributed by atoms with Gasteiger partial charge in [0.25, 0.3) is 5.91 Å². The summed E-state index contributed by atoms with van der Waals surface area (Å²) in [6.07, 6.45) is 2.56. The number of thioether (sulfide) groups is 1. The Labute approximate surface area is 175 Å². The van der Waals surface area contributed by atoms with E-state index in [0.717, 1.165) is 30.6 Å². The number of fused-ring (bicyclic) bond motifs is 1. The molecule has 154 valence electrons. The monoisotopic (exact) mass is 432 g/mol. The van der Waals surface area contributed by atoms with Crippen LogP contribution in [0.5, 0.6) is 0 Å². The maximum Gasteiger partial charge on any atom is 0.251 e. The summed E-state index contributed by atoms with van der Waals surface area (Å²) in [5.74, 6) is 0.664. The van der Waals surface area contributed by atoms with Gasteiger partial charge in [0.05, 0.1) is 17.0 Å². The highest BCUT2D eigenvalue weighted by Gasteiger charge is 2.24. The molecule has 1 amide bonds. The van der Waals surface area contributed by atoms with Crippen LogP contribution in [-0.4, -0.2) is 39.3 Å². The molecule has 2 unspecified atom stereocenters. The van der Waals surface area contributed by atoms with Crippen molar-refractivity contribution in [2.24, 2.45) is 0 Å². The topological polar surface area (TPSA) is 84.5 Å². The van der Waals surface area contributed by atoms with Crippen LogP contribution in [0.3, 0.4) is 0 Å². The maximum absolute atomic E-state index is 12.8. The van der Waals surface area contributed by atoms with E-state index in [1.54, 1.807) is 23.9 Å². The van der Waals surface area contributed by atoms with Gasteiger partial charge in [-0.05, 0) is 49.1 Å². The molecule has 2 aromatic carbocycles. The van der Waals surface area contributed by atoms with Crippen LogP contribution in [0.2, 0.25) is 0 Å². The molecule has 29 heavy (non-hydrogen) atoms. The molecule has 0 saturated carbocycles. The fraction of sp³-hybridized carbons (Fsp3) is 0.381. The van der Waals surface area contributed by atoms with Gasteiger partial charge in [-0.3, -0.25) is 4.79 Å². The lowest BCUT2D eigenvalue weighted by Gasteiger charge is -2.26. The number of carbonyl (C=O) groups excluding carboxylic acids is 1. The highest BCUT2D eigenvalue weighted by molar-refractivity contribution is 7.99. The first-order valence-corrected chi connectivity index (χ1v) is 12.2.